The van der Waals surface area contributed by atoms with Crippen molar-refractivity contribution in [3.05, 3.63) is 71.3 Å². The topological polar surface area (TPSA) is 116 Å². The molecule has 2 aliphatic heterocycles. The third kappa shape index (κ3) is 6.35. The maximum absolute atomic E-state index is 11.0. The van der Waals surface area contributed by atoms with Crippen LogP contribution in [0.15, 0.2) is 64.9 Å². The molecule has 2 atom stereocenters. The Hall–Kier alpha value is -4.93. The van der Waals surface area contributed by atoms with Gasteiger partial charge in [-0.05, 0) is 54.6 Å². The van der Waals surface area contributed by atoms with E-state index >= 15 is 0 Å². The Morgan fingerprint density at radius 1 is 0.643 bits per heavy atom. The largest absolute Gasteiger partial charge is 0.493 e. The average molecular weight is 577 g/mol. The Morgan fingerprint density at radius 3 is 1.60 bits per heavy atom. The van der Waals surface area contributed by atoms with Crippen LogP contribution in [0.3, 0.4) is 0 Å². The summed E-state index contributed by atoms with van der Waals surface area (Å²) in [7, 11) is 6.31. The van der Waals surface area contributed by atoms with Crippen LogP contribution < -0.4 is 28.4 Å². The first kappa shape index (κ1) is 28.6. The van der Waals surface area contributed by atoms with Crippen molar-refractivity contribution in [2.24, 2.45) is 10.3 Å². The molecule has 0 radical (unpaired) electrons. The van der Waals surface area contributed by atoms with Crippen LogP contribution in [-0.2, 0) is 9.68 Å². The molecule has 3 aromatic rings. The normalized spacial score (nSPS) is 17.3. The molecule has 0 fully saturated rings. The lowest BCUT2D eigenvalue weighted by atomic mass is 10.0. The van der Waals surface area contributed by atoms with E-state index in [-0.39, 0.29) is 25.4 Å². The van der Waals surface area contributed by atoms with Crippen molar-refractivity contribution in [2.75, 3.05) is 41.7 Å². The van der Waals surface area contributed by atoms with Gasteiger partial charge in [0.1, 0.15) is 19.5 Å². The maximum atomic E-state index is 11.0. The van der Waals surface area contributed by atoms with Gasteiger partial charge in [-0.2, -0.15) is 0 Å². The zero-order valence-corrected chi connectivity index (χ0v) is 23.8. The second kappa shape index (κ2) is 13.2. The van der Waals surface area contributed by atoms with E-state index in [9.17, 15) is 4.79 Å². The molecule has 11 heteroatoms. The maximum Gasteiger partial charge on any atom is 0.167 e. The molecule has 0 aliphatic carbocycles. The molecule has 0 saturated carbocycles. The molecule has 0 saturated heterocycles. The highest BCUT2D eigenvalue weighted by molar-refractivity contribution is 6.02. The van der Waals surface area contributed by atoms with E-state index in [1.54, 1.807) is 39.5 Å². The van der Waals surface area contributed by atoms with Crippen LogP contribution >= 0.6 is 0 Å². The third-order valence-corrected chi connectivity index (χ3v) is 6.85. The van der Waals surface area contributed by atoms with Gasteiger partial charge in [-0.3, -0.25) is 4.79 Å². The summed E-state index contributed by atoms with van der Waals surface area (Å²) in [5.74, 6) is 3.42. The molecule has 0 aromatic heterocycles. The van der Waals surface area contributed by atoms with Gasteiger partial charge in [0, 0.05) is 29.5 Å². The standard InChI is InChI=1S/C31H32N2O9/c1-35-26-9-6-20(12-30(26)37-3)24-14-23(42-32-24)18-40-28-10-7-21(13-31(28)38-4)25-15-22(41-33-25)17-39-27-8-5-19(16-34)11-29(27)36-2/h5-13,16,22-23H,14-15,17-18H2,1-4H3. The van der Waals surface area contributed by atoms with E-state index < -0.39 is 0 Å². The highest BCUT2D eigenvalue weighted by Gasteiger charge is 2.26. The van der Waals surface area contributed by atoms with Crippen LogP contribution in [0.4, 0.5) is 0 Å². The fraction of sp³-hybridized carbons (Fsp3) is 0.323. The minimum atomic E-state index is -0.281. The van der Waals surface area contributed by atoms with Crippen molar-refractivity contribution in [3.8, 4) is 34.5 Å². The molecule has 0 bridgehead atoms. The first-order valence-corrected chi connectivity index (χ1v) is 13.3. The van der Waals surface area contributed by atoms with Gasteiger partial charge in [0.15, 0.2) is 46.7 Å². The number of hydrogen-bond donors (Lipinski definition) is 0. The first-order chi connectivity index (χ1) is 20.5. The van der Waals surface area contributed by atoms with Crippen LogP contribution in [0, 0.1) is 0 Å². The fourth-order valence-corrected chi connectivity index (χ4v) is 4.60. The zero-order chi connectivity index (χ0) is 29.5. The van der Waals surface area contributed by atoms with Gasteiger partial charge in [0.05, 0.1) is 39.9 Å². The van der Waals surface area contributed by atoms with Gasteiger partial charge < -0.3 is 38.1 Å². The van der Waals surface area contributed by atoms with E-state index in [1.165, 1.54) is 7.11 Å². The Morgan fingerprint density at radius 2 is 1.10 bits per heavy atom. The number of ether oxygens (including phenoxy) is 6. The van der Waals surface area contributed by atoms with Crippen molar-refractivity contribution >= 4 is 17.7 Å². The molecular formula is C31H32N2O9. The number of carbonyl (C=O) groups is 1. The predicted molar refractivity (Wildman–Crippen MR) is 154 cm³/mol. The molecular weight excluding hydrogens is 544 g/mol. The lowest BCUT2D eigenvalue weighted by Crippen LogP contribution is -2.19. The van der Waals surface area contributed by atoms with E-state index in [0.717, 1.165) is 28.8 Å². The number of carbonyl (C=O) groups excluding carboxylic acids is 1. The van der Waals surface area contributed by atoms with Crippen LogP contribution in [0.1, 0.15) is 34.3 Å². The minimum absolute atomic E-state index is 0.251. The van der Waals surface area contributed by atoms with Crippen molar-refractivity contribution in [1.82, 2.24) is 0 Å². The summed E-state index contributed by atoms with van der Waals surface area (Å²) in [6, 6.07) is 16.2. The van der Waals surface area contributed by atoms with Crippen LogP contribution in [0.2, 0.25) is 0 Å². The van der Waals surface area contributed by atoms with Gasteiger partial charge in [0.2, 0.25) is 0 Å². The molecule has 220 valence electrons. The van der Waals surface area contributed by atoms with Crippen LogP contribution in [0.5, 0.6) is 34.5 Å². The Bertz CT molecular complexity index is 1490. The van der Waals surface area contributed by atoms with E-state index in [2.05, 4.69) is 10.3 Å². The quantitative estimate of drug-likeness (QED) is 0.268. The van der Waals surface area contributed by atoms with Crippen molar-refractivity contribution in [2.45, 2.75) is 25.0 Å². The second-order valence-corrected chi connectivity index (χ2v) is 9.52. The SMILES string of the molecule is COc1ccc(C2=NOC(COc3ccc(C4=NOC(COc5ccc(C=O)cc5OC)C4)cc3OC)C2)cc1OC. The highest BCUT2D eigenvalue weighted by Crippen LogP contribution is 2.33. The lowest BCUT2D eigenvalue weighted by Gasteiger charge is -2.15. The molecule has 2 unspecified atom stereocenters. The summed E-state index contributed by atoms with van der Waals surface area (Å²) in [5.41, 5.74) is 3.83. The van der Waals surface area contributed by atoms with Crippen molar-refractivity contribution < 1.29 is 42.9 Å². The van der Waals surface area contributed by atoms with Gasteiger partial charge >= 0.3 is 0 Å². The predicted octanol–water partition coefficient (Wildman–Crippen LogP) is 4.68. The van der Waals surface area contributed by atoms with Gasteiger partial charge in [-0.25, -0.2) is 0 Å². The molecule has 3 aromatic carbocycles. The third-order valence-electron chi connectivity index (χ3n) is 6.85. The molecule has 0 amide bonds. The number of rotatable bonds is 13. The lowest BCUT2D eigenvalue weighted by molar-refractivity contribution is 0.0463. The minimum Gasteiger partial charge on any atom is -0.493 e. The molecule has 0 N–H and O–H groups in total. The van der Waals surface area contributed by atoms with Gasteiger partial charge in [0.25, 0.3) is 0 Å². The number of aldehydes is 1. The first-order valence-electron chi connectivity index (χ1n) is 13.3. The summed E-state index contributed by atoms with van der Waals surface area (Å²) in [6.07, 6.45) is 1.35. The molecule has 11 nitrogen and oxygen atoms in total. The van der Waals surface area contributed by atoms with Gasteiger partial charge in [-0.1, -0.05) is 10.3 Å². The number of methoxy groups -OCH3 is 4. The number of nitrogens with zero attached hydrogens (tertiary/aromatic N) is 2. The van der Waals surface area contributed by atoms with E-state index in [0.29, 0.717) is 52.9 Å². The number of oxime groups is 2. The van der Waals surface area contributed by atoms with E-state index in [1.807, 2.05) is 36.4 Å². The molecule has 0 spiro atoms. The highest BCUT2D eigenvalue weighted by atomic mass is 16.7. The molecule has 5 rings (SSSR count). The number of hydrogen-bond acceptors (Lipinski definition) is 11. The summed E-state index contributed by atoms with van der Waals surface area (Å²) >= 11 is 0. The van der Waals surface area contributed by atoms with Crippen LogP contribution in [0.25, 0.3) is 0 Å². The van der Waals surface area contributed by atoms with E-state index in [4.69, 9.17) is 38.1 Å². The molecule has 2 aliphatic rings. The number of benzene rings is 3. The van der Waals surface area contributed by atoms with Crippen molar-refractivity contribution in [3.63, 3.8) is 0 Å². The Balaban J connectivity index is 1.14. The molecule has 42 heavy (non-hydrogen) atoms. The fourth-order valence-electron chi connectivity index (χ4n) is 4.60. The molecule has 2 heterocycles. The average Bonchev–Trinajstić information content (AvgIpc) is 3.72. The second-order valence-electron chi connectivity index (χ2n) is 9.52. The Labute approximate surface area is 243 Å². The van der Waals surface area contributed by atoms with Crippen molar-refractivity contribution in [1.29, 1.82) is 0 Å². The summed E-state index contributed by atoms with van der Waals surface area (Å²) in [4.78, 5) is 22.2. The monoisotopic (exact) mass is 576 g/mol. The van der Waals surface area contributed by atoms with Gasteiger partial charge in [-0.15, -0.1) is 0 Å². The summed E-state index contributed by atoms with van der Waals surface area (Å²) < 4.78 is 33.6. The smallest absolute Gasteiger partial charge is 0.167 e. The Kier molecular flexibility index (Phi) is 8.96. The summed E-state index contributed by atoms with van der Waals surface area (Å²) in [5, 5.41) is 8.50. The summed E-state index contributed by atoms with van der Waals surface area (Å²) in [6.45, 7) is 0.549. The van der Waals surface area contributed by atoms with Crippen LogP contribution in [-0.4, -0.2) is 71.6 Å². The zero-order valence-electron chi connectivity index (χ0n) is 23.8.